The van der Waals surface area contributed by atoms with Crippen LogP contribution in [0, 0.1) is 0 Å². The highest BCUT2D eigenvalue weighted by molar-refractivity contribution is 5.87. The molecule has 0 saturated heterocycles. The second-order valence-electron chi connectivity index (χ2n) is 7.15. The summed E-state index contributed by atoms with van der Waals surface area (Å²) in [5, 5.41) is 9.91. The molecule has 5 aromatic rings. The molecule has 0 aliphatic rings. The molecular formula is C23H16F3N5. The Labute approximate surface area is 175 Å². The van der Waals surface area contributed by atoms with Crippen LogP contribution >= 0.6 is 0 Å². The maximum absolute atomic E-state index is 13.4. The fourth-order valence-electron chi connectivity index (χ4n) is 3.51. The summed E-state index contributed by atoms with van der Waals surface area (Å²) in [5.41, 5.74) is 1.60. The number of alkyl halides is 3. The highest BCUT2D eigenvalue weighted by Gasteiger charge is 2.35. The van der Waals surface area contributed by atoms with E-state index in [1.165, 1.54) is 11.0 Å². The van der Waals surface area contributed by atoms with E-state index in [0.717, 1.165) is 22.4 Å². The average Bonchev–Trinajstić information content (AvgIpc) is 3.44. The van der Waals surface area contributed by atoms with Crippen molar-refractivity contribution in [2.24, 2.45) is 0 Å². The first-order valence-corrected chi connectivity index (χ1v) is 9.55. The molecule has 0 N–H and O–H groups in total. The number of nitrogens with zero attached hydrogens (tertiary/aromatic N) is 5. The summed E-state index contributed by atoms with van der Waals surface area (Å²) in [6, 6.07) is 21.6. The first-order chi connectivity index (χ1) is 15.0. The van der Waals surface area contributed by atoms with Crippen molar-refractivity contribution in [3.05, 3.63) is 96.7 Å². The molecular weight excluding hydrogens is 403 g/mol. The monoisotopic (exact) mass is 419 g/mol. The zero-order valence-electron chi connectivity index (χ0n) is 16.2. The molecule has 3 aromatic carbocycles. The number of hydrogen-bond donors (Lipinski definition) is 0. The molecule has 5 nitrogen and oxygen atoms in total. The zero-order valence-corrected chi connectivity index (χ0v) is 16.2. The summed E-state index contributed by atoms with van der Waals surface area (Å²) >= 11 is 0. The van der Waals surface area contributed by atoms with Crippen molar-refractivity contribution in [1.29, 1.82) is 0 Å². The van der Waals surface area contributed by atoms with Crippen molar-refractivity contribution in [3.63, 3.8) is 0 Å². The maximum atomic E-state index is 13.4. The Morgan fingerprint density at radius 1 is 0.839 bits per heavy atom. The SMILES string of the molecule is FC(F)(F)c1cc(-c2ccc3ccccc3c2)n(-c2ccc(Cn3cncn3)cc2)n1. The molecule has 0 radical (unpaired) electrons. The number of aromatic nitrogens is 5. The minimum atomic E-state index is -4.54. The fraction of sp³-hybridized carbons (Fsp3) is 0.0870. The van der Waals surface area contributed by atoms with Crippen molar-refractivity contribution in [2.45, 2.75) is 12.7 Å². The van der Waals surface area contributed by atoms with Crippen LogP contribution < -0.4 is 0 Å². The van der Waals surface area contributed by atoms with Gasteiger partial charge >= 0.3 is 6.18 Å². The Balaban J connectivity index is 1.58. The third-order valence-corrected chi connectivity index (χ3v) is 5.04. The van der Waals surface area contributed by atoms with Crippen LogP contribution in [0.5, 0.6) is 0 Å². The van der Waals surface area contributed by atoms with Crippen LogP contribution in [0.4, 0.5) is 13.2 Å². The lowest BCUT2D eigenvalue weighted by Gasteiger charge is -2.10. The van der Waals surface area contributed by atoms with Gasteiger partial charge in [0, 0.05) is 5.56 Å². The van der Waals surface area contributed by atoms with Crippen LogP contribution in [0.15, 0.2) is 85.5 Å². The molecule has 0 unspecified atom stereocenters. The van der Waals surface area contributed by atoms with Crippen molar-refractivity contribution < 1.29 is 13.2 Å². The minimum Gasteiger partial charge on any atom is -0.249 e. The molecule has 5 rings (SSSR count). The first-order valence-electron chi connectivity index (χ1n) is 9.55. The topological polar surface area (TPSA) is 48.5 Å². The van der Waals surface area contributed by atoms with Crippen LogP contribution in [0.25, 0.3) is 27.7 Å². The molecule has 0 fully saturated rings. The molecule has 0 spiro atoms. The van der Waals surface area contributed by atoms with E-state index in [-0.39, 0.29) is 0 Å². The van der Waals surface area contributed by atoms with Crippen LogP contribution in [0.3, 0.4) is 0 Å². The quantitative estimate of drug-likeness (QED) is 0.395. The average molecular weight is 419 g/mol. The van der Waals surface area contributed by atoms with Gasteiger partial charge in [0.15, 0.2) is 5.69 Å². The number of rotatable bonds is 4. The van der Waals surface area contributed by atoms with Gasteiger partial charge in [-0.05, 0) is 40.6 Å². The molecule has 0 amide bonds. The Hall–Kier alpha value is -3.94. The van der Waals surface area contributed by atoms with Gasteiger partial charge in [-0.2, -0.15) is 23.4 Å². The lowest BCUT2D eigenvalue weighted by Crippen LogP contribution is -2.07. The van der Waals surface area contributed by atoms with Crippen molar-refractivity contribution in [2.75, 3.05) is 0 Å². The van der Waals surface area contributed by atoms with E-state index in [4.69, 9.17) is 0 Å². The van der Waals surface area contributed by atoms with E-state index in [1.54, 1.807) is 23.1 Å². The normalized spacial score (nSPS) is 11.8. The zero-order chi connectivity index (χ0) is 21.4. The molecule has 0 aliphatic carbocycles. The van der Waals surface area contributed by atoms with E-state index in [2.05, 4.69) is 15.2 Å². The fourth-order valence-corrected chi connectivity index (χ4v) is 3.51. The van der Waals surface area contributed by atoms with Gasteiger partial charge < -0.3 is 0 Å². The largest absolute Gasteiger partial charge is 0.435 e. The van der Waals surface area contributed by atoms with Gasteiger partial charge in [-0.3, -0.25) is 0 Å². The molecule has 154 valence electrons. The highest BCUT2D eigenvalue weighted by Crippen LogP contribution is 2.34. The van der Waals surface area contributed by atoms with Gasteiger partial charge in [0.1, 0.15) is 12.7 Å². The molecule has 0 aliphatic heterocycles. The van der Waals surface area contributed by atoms with Crippen molar-refractivity contribution in [3.8, 4) is 16.9 Å². The number of halogens is 3. The van der Waals surface area contributed by atoms with E-state index in [9.17, 15) is 13.2 Å². The summed E-state index contributed by atoms with van der Waals surface area (Å²) in [5.74, 6) is 0. The van der Waals surface area contributed by atoms with E-state index in [0.29, 0.717) is 23.5 Å². The molecule has 2 heterocycles. The Bertz CT molecular complexity index is 1340. The maximum Gasteiger partial charge on any atom is 0.435 e. The second kappa shape index (κ2) is 7.39. The van der Waals surface area contributed by atoms with Gasteiger partial charge in [0.2, 0.25) is 0 Å². The van der Waals surface area contributed by atoms with Gasteiger partial charge in [0.25, 0.3) is 0 Å². The Kier molecular flexibility index (Phi) is 4.54. The van der Waals surface area contributed by atoms with Crippen LogP contribution in [-0.2, 0) is 12.7 Å². The van der Waals surface area contributed by atoms with Crippen molar-refractivity contribution >= 4 is 10.8 Å². The van der Waals surface area contributed by atoms with Gasteiger partial charge in [-0.25, -0.2) is 14.3 Å². The predicted octanol–water partition coefficient (Wildman–Crippen LogP) is 5.35. The number of benzene rings is 3. The summed E-state index contributed by atoms with van der Waals surface area (Å²) < 4.78 is 43.4. The minimum absolute atomic E-state index is 0.377. The predicted molar refractivity (Wildman–Crippen MR) is 111 cm³/mol. The van der Waals surface area contributed by atoms with Crippen molar-refractivity contribution in [1.82, 2.24) is 24.5 Å². The standard InChI is InChI=1S/C23H16F3N5/c24-23(25,26)22-12-21(19-8-7-17-3-1-2-4-18(17)11-19)31(29-22)20-9-5-16(6-10-20)13-30-15-27-14-28-30/h1-12,14-15H,13H2. The highest BCUT2D eigenvalue weighted by atomic mass is 19.4. The lowest BCUT2D eigenvalue weighted by atomic mass is 10.0. The smallest absolute Gasteiger partial charge is 0.249 e. The van der Waals surface area contributed by atoms with E-state index >= 15 is 0 Å². The molecule has 2 aromatic heterocycles. The Morgan fingerprint density at radius 2 is 1.61 bits per heavy atom. The van der Waals surface area contributed by atoms with Gasteiger partial charge in [-0.1, -0.05) is 48.5 Å². The first kappa shape index (κ1) is 19.0. The molecule has 0 saturated carbocycles. The molecule has 0 bridgehead atoms. The van der Waals surface area contributed by atoms with Crippen LogP contribution in [0.1, 0.15) is 11.3 Å². The summed E-state index contributed by atoms with van der Waals surface area (Å²) in [4.78, 5) is 3.91. The molecule has 0 atom stereocenters. The summed E-state index contributed by atoms with van der Waals surface area (Å²) in [7, 11) is 0. The number of hydrogen-bond acceptors (Lipinski definition) is 3. The summed E-state index contributed by atoms with van der Waals surface area (Å²) in [6.07, 6.45) is -1.48. The third-order valence-electron chi connectivity index (χ3n) is 5.04. The van der Waals surface area contributed by atoms with E-state index < -0.39 is 11.9 Å². The lowest BCUT2D eigenvalue weighted by molar-refractivity contribution is -0.141. The second-order valence-corrected chi connectivity index (χ2v) is 7.15. The van der Waals surface area contributed by atoms with Crippen LogP contribution in [0.2, 0.25) is 0 Å². The molecule has 31 heavy (non-hydrogen) atoms. The third kappa shape index (κ3) is 3.79. The van der Waals surface area contributed by atoms with Gasteiger partial charge in [-0.15, -0.1) is 0 Å². The number of fused-ring (bicyclic) bond motifs is 1. The Morgan fingerprint density at radius 3 is 2.32 bits per heavy atom. The van der Waals surface area contributed by atoms with Gasteiger partial charge in [0.05, 0.1) is 17.9 Å². The van der Waals surface area contributed by atoms with E-state index in [1.807, 2.05) is 54.6 Å². The molecule has 8 heteroatoms. The summed E-state index contributed by atoms with van der Waals surface area (Å²) in [6.45, 7) is 0.519. The van der Waals surface area contributed by atoms with Crippen LogP contribution in [-0.4, -0.2) is 24.5 Å².